The van der Waals surface area contributed by atoms with E-state index in [0.717, 1.165) is 32.1 Å². The molecule has 0 amide bonds. The van der Waals surface area contributed by atoms with E-state index < -0.39 is 5.97 Å². The van der Waals surface area contributed by atoms with Crippen molar-refractivity contribution in [1.82, 2.24) is 0 Å². The summed E-state index contributed by atoms with van der Waals surface area (Å²) in [6.45, 7) is 0.137. The summed E-state index contributed by atoms with van der Waals surface area (Å²) < 4.78 is 4.96. The molecule has 6 aliphatic rings. The van der Waals surface area contributed by atoms with Crippen molar-refractivity contribution in [2.45, 2.75) is 44.9 Å². The minimum atomic E-state index is -0.701. The van der Waals surface area contributed by atoms with Crippen LogP contribution in [-0.4, -0.2) is 47.1 Å². The first-order chi connectivity index (χ1) is 13.5. The molecule has 0 aromatic carbocycles. The number of aliphatic carboxylic acids is 1. The topological polar surface area (TPSA) is 104 Å². The maximum Gasteiger partial charge on any atom is 0.309 e. The molecule has 28 heavy (non-hydrogen) atoms. The van der Waals surface area contributed by atoms with E-state index in [1.807, 2.05) is 6.08 Å². The molecular formula is C22H32O6. The van der Waals surface area contributed by atoms with E-state index >= 15 is 0 Å². The predicted molar refractivity (Wildman–Crippen MR) is 103 cm³/mol. The van der Waals surface area contributed by atoms with Gasteiger partial charge in [-0.25, -0.2) is 0 Å². The number of carboxylic acids is 1. The molecule has 6 heteroatoms. The van der Waals surface area contributed by atoms with Gasteiger partial charge in [0.25, 0.3) is 0 Å². The summed E-state index contributed by atoms with van der Waals surface area (Å²) in [6.07, 6.45) is 15.2. The summed E-state index contributed by atoms with van der Waals surface area (Å²) in [7, 11) is 0. The zero-order valence-corrected chi connectivity index (χ0v) is 16.3. The second-order valence-electron chi connectivity index (χ2n) is 8.61. The average Bonchev–Trinajstić information content (AvgIpc) is 2.74. The Morgan fingerprint density at radius 1 is 1.00 bits per heavy atom. The number of carboxylic acid groups (broad SMARTS) is 1. The molecule has 6 aliphatic carbocycles. The van der Waals surface area contributed by atoms with Gasteiger partial charge in [-0.2, -0.15) is 0 Å². The van der Waals surface area contributed by atoms with E-state index in [2.05, 4.69) is 18.2 Å². The summed E-state index contributed by atoms with van der Waals surface area (Å²) in [6, 6.07) is 0. The fourth-order valence-electron chi connectivity index (χ4n) is 5.38. The maximum atomic E-state index is 11.6. The number of carbonyl (C=O) groups is 2. The van der Waals surface area contributed by atoms with Crippen molar-refractivity contribution < 1.29 is 29.6 Å². The normalized spacial score (nSPS) is 37.3. The minimum absolute atomic E-state index is 0.0466. The molecule has 0 aliphatic heterocycles. The standard InChI is InChI=1S/2C11H16O3/c12-6-5-11-3-1-8(2-4-11)7-9(11)10(13)14;12-5-6-14-11(13)10-7-8-1-3-9(10)4-2-8/h1,3,8-9,12H,2,4-7H2,(H,13,14);1,3,8-10,12H,2,4-7H2. The number of carbonyl (C=O) groups excluding carboxylic acids is 1. The lowest BCUT2D eigenvalue weighted by Gasteiger charge is -2.46. The van der Waals surface area contributed by atoms with E-state index in [1.165, 1.54) is 6.42 Å². The van der Waals surface area contributed by atoms with Gasteiger partial charge in [-0.05, 0) is 62.7 Å². The minimum Gasteiger partial charge on any atom is -0.481 e. The molecule has 6 nitrogen and oxygen atoms in total. The van der Waals surface area contributed by atoms with Crippen LogP contribution in [0.5, 0.6) is 0 Å². The van der Waals surface area contributed by atoms with Crippen LogP contribution < -0.4 is 0 Å². The SMILES string of the molecule is O=C(O)C1CC2C=CC1(CCO)CC2.O=C(OCCO)C1CC2C=CC1CC2. The third-order valence-corrected chi connectivity index (χ3v) is 7.00. The van der Waals surface area contributed by atoms with Gasteiger partial charge in [-0.3, -0.25) is 9.59 Å². The Hall–Kier alpha value is -1.66. The molecule has 0 spiro atoms. The Labute approximate surface area is 166 Å². The van der Waals surface area contributed by atoms with Gasteiger partial charge in [-0.1, -0.05) is 24.3 Å². The Morgan fingerprint density at radius 2 is 1.79 bits per heavy atom. The molecule has 0 radical (unpaired) electrons. The smallest absolute Gasteiger partial charge is 0.309 e. The Morgan fingerprint density at radius 3 is 2.29 bits per heavy atom. The van der Waals surface area contributed by atoms with Crippen molar-refractivity contribution in [3.05, 3.63) is 24.3 Å². The largest absolute Gasteiger partial charge is 0.481 e. The lowest BCUT2D eigenvalue weighted by atomic mass is 9.58. The highest BCUT2D eigenvalue weighted by molar-refractivity contribution is 5.73. The molecule has 4 bridgehead atoms. The summed E-state index contributed by atoms with van der Waals surface area (Å²) >= 11 is 0. The number of hydrogen-bond acceptors (Lipinski definition) is 5. The first-order valence-electron chi connectivity index (χ1n) is 10.5. The lowest BCUT2D eigenvalue weighted by molar-refractivity contribution is -0.153. The summed E-state index contributed by atoms with van der Waals surface area (Å²) in [5.41, 5.74) is -0.255. The molecule has 6 atom stereocenters. The summed E-state index contributed by atoms with van der Waals surface area (Å²) in [5, 5.41) is 26.7. The maximum absolute atomic E-state index is 11.6. The van der Waals surface area contributed by atoms with Crippen LogP contribution in [0, 0.1) is 35.0 Å². The van der Waals surface area contributed by atoms with Gasteiger partial charge in [-0.15, -0.1) is 0 Å². The molecule has 0 aromatic rings. The quantitative estimate of drug-likeness (QED) is 0.474. The first kappa shape index (κ1) is 21.1. The van der Waals surface area contributed by atoms with Gasteiger partial charge in [0.05, 0.1) is 18.4 Å². The van der Waals surface area contributed by atoms with Crippen molar-refractivity contribution in [3.63, 3.8) is 0 Å². The molecule has 6 unspecified atom stereocenters. The number of rotatable bonds is 6. The fourth-order valence-corrected chi connectivity index (χ4v) is 5.38. The second-order valence-corrected chi connectivity index (χ2v) is 8.61. The fraction of sp³-hybridized carbons (Fsp3) is 0.727. The Kier molecular flexibility index (Phi) is 6.94. The number of aliphatic hydroxyl groups excluding tert-OH is 2. The van der Waals surface area contributed by atoms with Crippen molar-refractivity contribution in [2.75, 3.05) is 19.8 Å². The van der Waals surface area contributed by atoms with Crippen LogP contribution >= 0.6 is 0 Å². The van der Waals surface area contributed by atoms with Crippen LogP contribution in [0.2, 0.25) is 0 Å². The summed E-state index contributed by atoms with van der Waals surface area (Å²) in [4.78, 5) is 22.7. The lowest BCUT2D eigenvalue weighted by Crippen LogP contribution is -2.43. The van der Waals surface area contributed by atoms with Crippen LogP contribution in [0.1, 0.15) is 44.9 Å². The van der Waals surface area contributed by atoms with Crippen LogP contribution in [-0.2, 0) is 14.3 Å². The number of hydrogen-bond donors (Lipinski definition) is 3. The Balaban J connectivity index is 0.000000161. The van der Waals surface area contributed by atoms with Crippen molar-refractivity contribution in [2.24, 2.45) is 35.0 Å². The van der Waals surface area contributed by atoms with Crippen molar-refractivity contribution in [1.29, 1.82) is 0 Å². The third kappa shape index (κ3) is 4.49. The average molecular weight is 392 g/mol. The van der Waals surface area contributed by atoms with Gasteiger partial charge in [0.2, 0.25) is 0 Å². The predicted octanol–water partition coefficient (Wildman–Crippen LogP) is 2.55. The highest BCUT2D eigenvalue weighted by Gasteiger charge is 2.47. The number of ether oxygens (including phenoxy) is 1. The van der Waals surface area contributed by atoms with Gasteiger partial charge in [0.15, 0.2) is 0 Å². The monoisotopic (exact) mass is 392 g/mol. The van der Waals surface area contributed by atoms with Crippen molar-refractivity contribution in [3.8, 4) is 0 Å². The van der Waals surface area contributed by atoms with Gasteiger partial charge < -0.3 is 20.1 Å². The van der Waals surface area contributed by atoms with Crippen LogP contribution in [0.15, 0.2) is 24.3 Å². The van der Waals surface area contributed by atoms with Gasteiger partial charge >= 0.3 is 11.9 Å². The number of aliphatic hydroxyl groups is 2. The highest BCUT2D eigenvalue weighted by Crippen LogP contribution is 2.51. The molecule has 3 N–H and O–H groups in total. The molecule has 0 aromatic heterocycles. The van der Waals surface area contributed by atoms with E-state index in [1.54, 1.807) is 0 Å². The van der Waals surface area contributed by atoms with Crippen molar-refractivity contribution >= 4 is 11.9 Å². The molecule has 156 valence electrons. The molecule has 2 fully saturated rings. The molecule has 0 heterocycles. The van der Waals surface area contributed by atoms with Crippen LogP contribution in [0.3, 0.4) is 0 Å². The van der Waals surface area contributed by atoms with E-state index in [4.69, 9.17) is 20.1 Å². The Bertz CT molecular complexity index is 627. The zero-order chi connectivity index (χ0) is 20.1. The van der Waals surface area contributed by atoms with Crippen LogP contribution in [0.25, 0.3) is 0 Å². The number of esters is 1. The number of fused-ring (bicyclic) bond motifs is 4. The second kappa shape index (κ2) is 9.23. The van der Waals surface area contributed by atoms with E-state index in [9.17, 15) is 9.59 Å². The van der Waals surface area contributed by atoms with E-state index in [-0.39, 0.29) is 43.0 Å². The highest BCUT2D eigenvalue weighted by atomic mass is 16.5. The van der Waals surface area contributed by atoms with Crippen LogP contribution in [0.4, 0.5) is 0 Å². The number of allylic oxidation sites excluding steroid dienone is 4. The molecule has 6 rings (SSSR count). The molecular weight excluding hydrogens is 360 g/mol. The molecule has 2 saturated carbocycles. The zero-order valence-electron chi connectivity index (χ0n) is 16.3. The third-order valence-electron chi connectivity index (χ3n) is 7.00. The van der Waals surface area contributed by atoms with Gasteiger partial charge in [0.1, 0.15) is 6.61 Å². The molecule has 0 saturated heterocycles. The van der Waals surface area contributed by atoms with Gasteiger partial charge in [0, 0.05) is 12.0 Å². The summed E-state index contributed by atoms with van der Waals surface area (Å²) in [5.74, 6) is 0.351. The first-order valence-corrected chi connectivity index (χ1v) is 10.5. The van der Waals surface area contributed by atoms with E-state index in [0.29, 0.717) is 24.2 Å².